The average Bonchev–Trinajstić information content (AvgIpc) is 3.25. The molecule has 9 heteroatoms. The lowest BCUT2D eigenvalue weighted by molar-refractivity contribution is -0.137. The topological polar surface area (TPSA) is 97.0 Å². The van der Waals surface area contributed by atoms with Gasteiger partial charge in [0.1, 0.15) is 15.8 Å². The Balaban J connectivity index is 1.73. The Hall–Kier alpha value is -2.91. The van der Waals surface area contributed by atoms with Crippen LogP contribution in [0.4, 0.5) is 0 Å². The third kappa shape index (κ3) is 4.93. The molecule has 29 heavy (non-hydrogen) atoms. The summed E-state index contributed by atoms with van der Waals surface area (Å²) in [6, 6.07) is 10.3. The van der Waals surface area contributed by atoms with Crippen LogP contribution in [0.2, 0.25) is 0 Å². The quantitative estimate of drug-likeness (QED) is 0.402. The normalized spacial score (nSPS) is 15.2. The molecule has 1 fully saturated rings. The number of thiocarbonyl (C=S) groups is 1. The standard InChI is InChI=1S/C20H17NO6S2/c1-2-26-19(25)13-5-3-12(4-6-13)15-8-7-14(27-15)11-16-18(24)21(20(28)29-16)10-9-17(22)23/h3-8,11H,2,9-10H2,1H3,(H,22,23). The summed E-state index contributed by atoms with van der Waals surface area (Å²) in [5.41, 5.74) is 1.22. The molecule has 0 unspecified atom stereocenters. The first-order valence-corrected chi connectivity index (χ1v) is 9.96. The van der Waals surface area contributed by atoms with E-state index in [1.54, 1.807) is 49.4 Å². The molecular weight excluding hydrogens is 414 g/mol. The predicted molar refractivity (Wildman–Crippen MR) is 112 cm³/mol. The first kappa shape index (κ1) is 20.8. The molecule has 1 amide bonds. The number of rotatable bonds is 7. The number of thioether (sulfide) groups is 1. The van der Waals surface area contributed by atoms with E-state index in [4.69, 9.17) is 26.5 Å². The number of carbonyl (C=O) groups excluding carboxylic acids is 2. The van der Waals surface area contributed by atoms with Gasteiger partial charge in [-0.3, -0.25) is 14.5 Å². The van der Waals surface area contributed by atoms with Crippen molar-refractivity contribution in [2.45, 2.75) is 13.3 Å². The fraction of sp³-hybridized carbons (Fsp3) is 0.200. The maximum Gasteiger partial charge on any atom is 0.338 e. The summed E-state index contributed by atoms with van der Waals surface area (Å²) in [7, 11) is 0. The minimum absolute atomic E-state index is 0.0353. The second-order valence-corrected chi connectivity index (χ2v) is 7.65. The summed E-state index contributed by atoms with van der Waals surface area (Å²) >= 11 is 6.27. The number of furan rings is 1. The molecule has 0 spiro atoms. The lowest BCUT2D eigenvalue weighted by Gasteiger charge is -2.12. The van der Waals surface area contributed by atoms with Crippen molar-refractivity contribution in [3.63, 3.8) is 0 Å². The Morgan fingerprint density at radius 3 is 2.62 bits per heavy atom. The fourth-order valence-corrected chi connectivity index (χ4v) is 3.89. The SMILES string of the molecule is CCOC(=O)c1ccc(-c2ccc(C=C3SC(=S)N(CCC(=O)O)C3=O)o2)cc1. The number of carboxylic acid groups (broad SMARTS) is 1. The molecule has 1 aromatic heterocycles. The number of amides is 1. The van der Waals surface area contributed by atoms with E-state index < -0.39 is 5.97 Å². The van der Waals surface area contributed by atoms with Crippen molar-refractivity contribution in [2.75, 3.05) is 13.2 Å². The number of hydrogen-bond acceptors (Lipinski definition) is 7. The summed E-state index contributed by atoms with van der Waals surface area (Å²) in [6.07, 6.45) is 1.41. The summed E-state index contributed by atoms with van der Waals surface area (Å²) in [5, 5.41) is 8.79. The molecule has 0 saturated carbocycles. The maximum atomic E-state index is 12.4. The highest BCUT2D eigenvalue weighted by molar-refractivity contribution is 8.26. The first-order chi connectivity index (χ1) is 13.9. The molecule has 1 aliphatic heterocycles. The van der Waals surface area contributed by atoms with E-state index in [0.717, 1.165) is 17.3 Å². The van der Waals surface area contributed by atoms with Gasteiger partial charge in [-0.15, -0.1) is 0 Å². The van der Waals surface area contributed by atoms with Gasteiger partial charge in [-0.1, -0.05) is 36.1 Å². The molecule has 3 rings (SSSR count). The highest BCUT2D eigenvalue weighted by Crippen LogP contribution is 2.33. The fourth-order valence-electron chi connectivity index (χ4n) is 2.60. The number of hydrogen-bond donors (Lipinski definition) is 1. The van der Waals surface area contributed by atoms with Gasteiger partial charge in [0, 0.05) is 18.2 Å². The minimum atomic E-state index is -0.993. The number of benzene rings is 1. The molecule has 150 valence electrons. The summed E-state index contributed by atoms with van der Waals surface area (Å²) in [5.74, 6) is -0.670. The lowest BCUT2D eigenvalue weighted by Crippen LogP contribution is -2.30. The van der Waals surface area contributed by atoms with Crippen LogP contribution < -0.4 is 0 Å². The molecule has 1 saturated heterocycles. The van der Waals surface area contributed by atoms with Gasteiger partial charge in [-0.05, 0) is 31.2 Å². The maximum absolute atomic E-state index is 12.4. The smallest absolute Gasteiger partial charge is 0.338 e. The van der Waals surface area contributed by atoms with Gasteiger partial charge >= 0.3 is 11.9 Å². The van der Waals surface area contributed by atoms with Crippen molar-refractivity contribution in [3.05, 3.63) is 52.6 Å². The van der Waals surface area contributed by atoms with Crippen LogP contribution in [0.1, 0.15) is 29.5 Å². The molecule has 2 aromatic rings. The number of carbonyl (C=O) groups is 3. The Morgan fingerprint density at radius 2 is 1.97 bits per heavy atom. The van der Waals surface area contributed by atoms with Crippen molar-refractivity contribution in [1.29, 1.82) is 0 Å². The van der Waals surface area contributed by atoms with Gasteiger partial charge in [0.05, 0.1) is 23.5 Å². The van der Waals surface area contributed by atoms with Gasteiger partial charge in [0.25, 0.3) is 5.91 Å². The minimum Gasteiger partial charge on any atom is -0.481 e. The largest absolute Gasteiger partial charge is 0.481 e. The van der Waals surface area contributed by atoms with Crippen molar-refractivity contribution < 1.29 is 28.6 Å². The summed E-state index contributed by atoms with van der Waals surface area (Å²) < 4.78 is 11.1. The van der Waals surface area contributed by atoms with E-state index in [2.05, 4.69) is 0 Å². The van der Waals surface area contributed by atoms with E-state index >= 15 is 0 Å². The van der Waals surface area contributed by atoms with Crippen molar-refractivity contribution in [1.82, 2.24) is 4.90 Å². The third-order valence-electron chi connectivity index (χ3n) is 4.00. The Bertz CT molecular complexity index is 993. The van der Waals surface area contributed by atoms with Crippen LogP contribution in [0.25, 0.3) is 17.4 Å². The molecule has 7 nitrogen and oxygen atoms in total. The van der Waals surface area contributed by atoms with Crippen molar-refractivity contribution in [2.24, 2.45) is 0 Å². The number of carboxylic acids is 1. The van der Waals surface area contributed by atoms with Gasteiger partial charge in [-0.25, -0.2) is 4.79 Å². The van der Waals surface area contributed by atoms with E-state index in [1.165, 1.54) is 4.90 Å². The number of esters is 1. The highest BCUT2D eigenvalue weighted by Gasteiger charge is 2.32. The molecule has 0 radical (unpaired) electrons. The molecule has 0 atom stereocenters. The van der Waals surface area contributed by atoms with Crippen LogP contribution >= 0.6 is 24.0 Å². The third-order valence-corrected chi connectivity index (χ3v) is 5.38. The second-order valence-electron chi connectivity index (χ2n) is 5.98. The number of aliphatic carboxylic acids is 1. The highest BCUT2D eigenvalue weighted by atomic mass is 32.2. The molecule has 1 aromatic carbocycles. The van der Waals surface area contributed by atoms with E-state index in [9.17, 15) is 14.4 Å². The lowest BCUT2D eigenvalue weighted by atomic mass is 10.1. The van der Waals surface area contributed by atoms with Crippen LogP contribution in [-0.4, -0.2) is 45.3 Å². The van der Waals surface area contributed by atoms with Gasteiger partial charge in [0.2, 0.25) is 0 Å². The van der Waals surface area contributed by atoms with Crippen LogP contribution in [-0.2, 0) is 14.3 Å². The van der Waals surface area contributed by atoms with Gasteiger partial charge < -0.3 is 14.3 Å². The van der Waals surface area contributed by atoms with E-state index in [0.29, 0.717) is 32.9 Å². The van der Waals surface area contributed by atoms with Gasteiger partial charge in [0.15, 0.2) is 0 Å². The Kier molecular flexibility index (Phi) is 6.50. The molecule has 0 bridgehead atoms. The van der Waals surface area contributed by atoms with E-state index in [-0.39, 0.29) is 24.8 Å². The first-order valence-electron chi connectivity index (χ1n) is 8.73. The zero-order chi connectivity index (χ0) is 21.0. The molecule has 0 aliphatic carbocycles. The molecule has 2 heterocycles. The van der Waals surface area contributed by atoms with Gasteiger partial charge in [-0.2, -0.15) is 0 Å². The van der Waals surface area contributed by atoms with Crippen LogP contribution in [0.5, 0.6) is 0 Å². The predicted octanol–water partition coefficient (Wildman–Crippen LogP) is 3.80. The zero-order valence-electron chi connectivity index (χ0n) is 15.4. The molecular formula is C20H17NO6S2. The molecule has 1 aliphatic rings. The average molecular weight is 431 g/mol. The molecule has 1 N–H and O–H groups in total. The number of ether oxygens (including phenoxy) is 1. The Morgan fingerprint density at radius 1 is 1.24 bits per heavy atom. The zero-order valence-corrected chi connectivity index (χ0v) is 17.0. The summed E-state index contributed by atoms with van der Waals surface area (Å²) in [6.45, 7) is 2.09. The van der Waals surface area contributed by atoms with Crippen molar-refractivity contribution >= 4 is 52.2 Å². The second kappa shape index (κ2) is 9.06. The summed E-state index contributed by atoms with van der Waals surface area (Å²) in [4.78, 5) is 36.5. The van der Waals surface area contributed by atoms with Crippen LogP contribution in [0.3, 0.4) is 0 Å². The van der Waals surface area contributed by atoms with Crippen molar-refractivity contribution in [3.8, 4) is 11.3 Å². The van der Waals surface area contributed by atoms with Crippen LogP contribution in [0, 0.1) is 0 Å². The monoisotopic (exact) mass is 431 g/mol. The van der Waals surface area contributed by atoms with E-state index in [1.807, 2.05) is 0 Å². The van der Waals surface area contributed by atoms with Crippen LogP contribution in [0.15, 0.2) is 45.7 Å². The Labute approximate surface area is 176 Å². The number of nitrogens with zero attached hydrogens (tertiary/aromatic N) is 1.